The highest BCUT2D eigenvalue weighted by Crippen LogP contribution is 2.33. The summed E-state index contributed by atoms with van der Waals surface area (Å²) in [6.07, 6.45) is 1.37. The minimum absolute atomic E-state index is 0.184. The highest BCUT2D eigenvalue weighted by molar-refractivity contribution is 6.16. The van der Waals surface area contributed by atoms with Crippen molar-refractivity contribution < 1.29 is 23.7 Å². The van der Waals surface area contributed by atoms with Gasteiger partial charge < -0.3 is 18.9 Å². The Morgan fingerprint density at radius 2 is 1.68 bits per heavy atom. The van der Waals surface area contributed by atoms with Crippen molar-refractivity contribution in [2.45, 2.75) is 19.6 Å². The lowest BCUT2D eigenvalue weighted by Crippen LogP contribution is -2.08. The summed E-state index contributed by atoms with van der Waals surface area (Å²) in [5, 5.41) is 8.73. The molecule has 3 rings (SSSR count). The molecule has 0 bridgehead atoms. The summed E-state index contributed by atoms with van der Waals surface area (Å²) in [5.74, 6) is 0.660. The lowest BCUT2D eigenvalue weighted by Gasteiger charge is -2.16. The number of carbonyl (C=O) groups excluding carboxylic acids is 1. The van der Waals surface area contributed by atoms with Crippen molar-refractivity contribution in [3.63, 3.8) is 0 Å². The molecule has 3 aromatic carbocycles. The van der Waals surface area contributed by atoms with Crippen LogP contribution < -0.4 is 9.47 Å². The van der Waals surface area contributed by atoms with Gasteiger partial charge in [-0.3, -0.25) is 0 Å². The van der Waals surface area contributed by atoms with Crippen LogP contribution in [0.3, 0.4) is 0 Å². The number of ether oxygens (including phenoxy) is 4. The summed E-state index contributed by atoms with van der Waals surface area (Å²) in [7, 11) is 4.40. The number of nitrogens with zero attached hydrogens (tertiary/aromatic N) is 2. The number of azo groups is 1. The van der Waals surface area contributed by atoms with E-state index in [2.05, 4.69) is 10.2 Å². The number of hydrogen-bond donors (Lipinski definition) is 0. The van der Waals surface area contributed by atoms with Crippen LogP contribution in [0.2, 0.25) is 0 Å². The van der Waals surface area contributed by atoms with Gasteiger partial charge in [0.25, 0.3) is 0 Å². The molecule has 0 aliphatic heterocycles. The Balaban J connectivity index is 1.83. The molecule has 176 valence electrons. The van der Waals surface area contributed by atoms with Crippen LogP contribution in [0.4, 0.5) is 5.69 Å². The van der Waals surface area contributed by atoms with Crippen molar-refractivity contribution in [1.29, 1.82) is 0 Å². The van der Waals surface area contributed by atoms with Crippen LogP contribution in [0.25, 0.3) is 5.57 Å². The first-order valence-corrected chi connectivity index (χ1v) is 10.7. The van der Waals surface area contributed by atoms with E-state index in [4.69, 9.17) is 18.9 Å². The smallest absolute Gasteiger partial charge is 0.341 e. The maximum atomic E-state index is 12.3. The maximum absolute atomic E-state index is 12.3. The molecule has 0 aromatic heterocycles. The lowest BCUT2D eigenvalue weighted by molar-refractivity contribution is -0.133. The van der Waals surface area contributed by atoms with Crippen molar-refractivity contribution in [1.82, 2.24) is 0 Å². The van der Waals surface area contributed by atoms with Gasteiger partial charge in [-0.05, 0) is 47.9 Å². The van der Waals surface area contributed by atoms with Crippen molar-refractivity contribution in [2.24, 2.45) is 10.2 Å². The summed E-state index contributed by atoms with van der Waals surface area (Å²) in [5.41, 5.74) is 3.48. The first kappa shape index (κ1) is 24.5. The first-order valence-electron chi connectivity index (χ1n) is 10.7. The maximum Gasteiger partial charge on any atom is 0.341 e. The second kappa shape index (κ2) is 12.2. The van der Waals surface area contributed by atoms with E-state index in [1.807, 2.05) is 79.7 Å². The molecule has 1 atom stereocenters. The molecule has 1 unspecified atom stereocenters. The third kappa shape index (κ3) is 6.22. The van der Waals surface area contributed by atoms with Gasteiger partial charge in [0.15, 0.2) is 11.5 Å². The van der Waals surface area contributed by atoms with Crippen LogP contribution in [-0.4, -0.2) is 27.3 Å². The lowest BCUT2D eigenvalue weighted by atomic mass is 10.0. The molecule has 7 heteroatoms. The molecule has 0 saturated carbocycles. The highest BCUT2D eigenvalue weighted by atomic mass is 16.5. The quantitative estimate of drug-likeness (QED) is 0.154. The summed E-state index contributed by atoms with van der Waals surface area (Å²) < 4.78 is 21.6. The van der Waals surface area contributed by atoms with Crippen molar-refractivity contribution in [2.75, 3.05) is 21.3 Å². The van der Waals surface area contributed by atoms with Crippen LogP contribution in [0, 0.1) is 0 Å². The fourth-order valence-corrected chi connectivity index (χ4v) is 3.29. The Bertz CT molecular complexity index is 1160. The fourth-order valence-electron chi connectivity index (χ4n) is 3.29. The molecule has 0 radical (unpaired) electrons. The Morgan fingerprint density at radius 3 is 2.38 bits per heavy atom. The summed E-state index contributed by atoms with van der Waals surface area (Å²) in [4.78, 5) is 12.3. The predicted molar refractivity (Wildman–Crippen MR) is 130 cm³/mol. The van der Waals surface area contributed by atoms with E-state index in [1.54, 1.807) is 7.11 Å². The first-order chi connectivity index (χ1) is 16.6. The van der Waals surface area contributed by atoms with Gasteiger partial charge in [0, 0.05) is 0 Å². The summed E-state index contributed by atoms with van der Waals surface area (Å²) in [6, 6.07) is 22.5. The topological polar surface area (TPSA) is 78.7 Å². The Morgan fingerprint density at radius 1 is 0.941 bits per heavy atom. The zero-order chi connectivity index (χ0) is 24.3. The average molecular weight is 461 g/mol. The number of hydrogen-bond acceptors (Lipinski definition) is 7. The van der Waals surface area contributed by atoms with Gasteiger partial charge in [0.05, 0.1) is 39.3 Å². The molecule has 7 nitrogen and oxygen atoms in total. The van der Waals surface area contributed by atoms with Crippen molar-refractivity contribution in [3.05, 3.63) is 95.7 Å². The third-order valence-corrected chi connectivity index (χ3v) is 5.10. The van der Waals surface area contributed by atoms with E-state index in [9.17, 15) is 4.79 Å². The SMILES string of the molecule is COC=C(C(=O)OC)c1ccccc1COc1cc(C(C)N=Nc2ccccc2)ccc1OC. The molecule has 0 saturated heterocycles. The predicted octanol–water partition coefficient (Wildman–Crippen LogP) is 6.28. The Labute approximate surface area is 199 Å². The van der Waals surface area contributed by atoms with Crippen molar-refractivity contribution in [3.8, 4) is 11.5 Å². The molecule has 0 fully saturated rings. The van der Waals surface area contributed by atoms with E-state index in [1.165, 1.54) is 20.5 Å². The number of esters is 1. The number of rotatable bonds is 10. The molecular formula is C27H28N2O5. The average Bonchev–Trinajstić information content (AvgIpc) is 2.89. The van der Waals surface area contributed by atoms with Crippen LogP contribution in [0.1, 0.15) is 29.7 Å². The van der Waals surface area contributed by atoms with E-state index >= 15 is 0 Å². The normalized spacial score (nSPS) is 12.3. The minimum atomic E-state index is -0.494. The van der Waals surface area contributed by atoms with Crippen LogP contribution in [-0.2, 0) is 20.9 Å². The summed E-state index contributed by atoms with van der Waals surface area (Å²) in [6.45, 7) is 2.17. The van der Waals surface area contributed by atoms with Gasteiger partial charge in [-0.2, -0.15) is 10.2 Å². The second-order valence-corrected chi connectivity index (χ2v) is 7.34. The van der Waals surface area contributed by atoms with Gasteiger partial charge in [-0.25, -0.2) is 4.79 Å². The van der Waals surface area contributed by atoms with E-state index < -0.39 is 5.97 Å². The molecule has 0 aliphatic rings. The standard InChI is InChI=1S/C27H28N2O5/c1-19(28-29-22-11-6-5-7-12-22)20-14-15-25(32-3)26(16-20)34-17-21-10-8-9-13-23(21)24(18-31-2)27(30)33-4/h5-16,18-19H,17H2,1-4H3. The van der Waals surface area contributed by atoms with Crippen LogP contribution >= 0.6 is 0 Å². The van der Waals surface area contributed by atoms with Crippen LogP contribution in [0.15, 0.2) is 89.3 Å². The molecule has 0 N–H and O–H groups in total. The van der Waals surface area contributed by atoms with Crippen LogP contribution in [0.5, 0.6) is 11.5 Å². The zero-order valence-corrected chi connectivity index (χ0v) is 19.7. The van der Waals surface area contributed by atoms with Gasteiger partial charge in [-0.1, -0.05) is 48.5 Å². The fraction of sp³-hybridized carbons (Fsp3) is 0.222. The third-order valence-electron chi connectivity index (χ3n) is 5.10. The van der Waals surface area contributed by atoms with Gasteiger partial charge in [0.1, 0.15) is 12.2 Å². The molecule has 34 heavy (non-hydrogen) atoms. The van der Waals surface area contributed by atoms with Crippen molar-refractivity contribution >= 4 is 17.2 Å². The number of benzene rings is 3. The molecule has 3 aromatic rings. The minimum Gasteiger partial charge on any atom is -0.503 e. The zero-order valence-electron chi connectivity index (χ0n) is 19.7. The number of methoxy groups -OCH3 is 3. The number of carbonyl (C=O) groups is 1. The Kier molecular flexibility index (Phi) is 8.80. The van der Waals surface area contributed by atoms with E-state index in [-0.39, 0.29) is 12.6 Å². The van der Waals surface area contributed by atoms with Gasteiger partial charge in [0.2, 0.25) is 0 Å². The molecular weight excluding hydrogens is 432 g/mol. The van der Waals surface area contributed by atoms with Gasteiger partial charge >= 0.3 is 5.97 Å². The molecule has 0 spiro atoms. The molecule has 0 aliphatic carbocycles. The second-order valence-electron chi connectivity index (χ2n) is 7.34. The summed E-state index contributed by atoms with van der Waals surface area (Å²) >= 11 is 0. The largest absolute Gasteiger partial charge is 0.503 e. The highest BCUT2D eigenvalue weighted by Gasteiger charge is 2.18. The Hall–Kier alpha value is -4.13. The van der Waals surface area contributed by atoms with E-state index in [0.29, 0.717) is 22.6 Å². The van der Waals surface area contributed by atoms with E-state index in [0.717, 1.165) is 16.8 Å². The monoisotopic (exact) mass is 460 g/mol. The molecule has 0 heterocycles. The van der Waals surface area contributed by atoms with Gasteiger partial charge in [-0.15, -0.1) is 0 Å². The molecule has 0 amide bonds.